The third-order valence-electron chi connectivity index (χ3n) is 7.86. The van der Waals surface area contributed by atoms with Gasteiger partial charge in [-0.3, -0.25) is 19.2 Å². The number of nitrogens with one attached hydrogen (secondary N) is 4. The Morgan fingerprint density at radius 3 is 2.35 bits per heavy atom. The summed E-state index contributed by atoms with van der Waals surface area (Å²) in [6.45, 7) is 10.8. The summed E-state index contributed by atoms with van der Waals surface area (Å²) in [5, 5.41) is 10.8. The van der Waals surface area contributed by atoms with Crippen molar-refractivity contribution >= 4 is 48.0 Å². The number of amides is 4. The Hall–Kier alpha value is -4.53. The molecule has 2 aromatic rings. The Labute approximate surface area is 283 Å². The van der Waals surface area contributed by atoms with Crippen molar-refractivity contribution in [2.24, 2.45) is 0 Å². The fourth-order valence-electron chi connectivity index (χ4n) is 5.06. The summed E-state index contributed by atoms with van der Waals surface area (Å²) in [5.74, 6) is -0.446. The zero-order chi connectivity index (χ0) is 35.1. The number of carbonyl (C=O) groups excluding carboxylic acids is 5. The molecule has 0 spiro atoms. The van der Waals surface area contributed by atoms with E-state index in [9.17, 15) is 24.0 Å². The average Bonchev–Trinajstić information content (AvgIpc) is 3.44. The number of nitrogens with two attached hydrogens (primary N) is 1. The van der Waals surface area contributed by atoms with Crippen LogP contribution in [0.1, 0.15) is 42.1 Å². The molecule has 0 aliphatic carbocycles. The fraction of sp³-hybridized carbons (Fsp3) is 0.500. The summed E-state index contributed by atoms with van der Waals surface area (Å²) < 4.78 is 5.13. The van der Waals surface area contributed by atoms with E-state index in [4.69, 9.17) is 10.5 Å². The van der Waals surface area contributed by atoms with E-state index in [1.165, 1.54) is 17.6 Å². The van der Waals surface area contributed by atoms with E-state index >= 15 is 0 Å². The molecule has 14 heteroatoms. The van der Waals surface area contributed by atoms with Gasteiger partial charge in [0.25, 0.3) is 5.91 Å². The Bertz CT molecular complexity index is 1270. The van der Waals surface area contributed by atoms with Crippen LogP contribution in [0.4, 0.5) is 17.1 Å². The van der Waals surface area contributed by atoms with Gasteiger partial charge in [0, 0.05) is 94.1 Å². The predicted octanol–water partition coefficient (Wildman–Crippen LogP) is 1.07. The topological polar surface area (TPSA) is 178 Å². The van der Waals surface area contributed by atoms with Gasteiger partial charge in [-0.2, -0.15) is 0 Å². The van der Waals surface area contributed by atoms with E-state index in [-0.39, 0.29) is 31.2 Å². The maximum atomic E-state index is 12.4. The number of rotatable bonds is 17. The van der Waals surface area contributed by atoms with Crippen LogP contribution in [0.15, 0.2) is 42.5 Å². The summed E-state index contributed by atoms with van der Waals surface area (Å²) >= 11 is 0. The van der Waals surface area contributed by atoms with E-state index in [0.717, 1.165) is 77.5 Å². The Morgan fingerprint density at radius 1 is 1.00 bits per heavy atom. The normalized spacial score (nSPS) is 14.4. The first-order valence-electron chi connectivity index (χ1n) is 16.3. The number of likely N-dealkylation sites (N-methyl/N-ethyl adjacent to an activating group) is 1. The Balaban J connectivity index is 0.000000266. The Morgan fingerprint density at radius 2 is 1.73 bits per heavy atom. The molecule has 4 amide bonds. The van der Waals surface area contributed by atoms with Crippen LogP contribution in [0.5, 0.6) is 0 Å². The summed E-state index contributed by atoms with van der Waals surface area (Å²) in [4.78, 5) is 61.7. The van der Waals surface area contributed by atoms with Gasteiger partial charge in [0.05, 0.1) is 12.6 Å². The van der Waals surface area contributed by atoms with Crippen LogP contribution in [-0.4, -0.2) is 120 Å². The lowest BCUT2D eigenvalue weighted by atomic mass is 10.1. The molecule has 2 aliphatic heterocycles. The zero-order valence-electron chi connectivity index (χ0n) is 28.4. The SMILES string of the molecule is CCOCCNCCCNC=O.CN1CCN(c2ccc(N)cc2)CC1.CNC(=O)CCC(C=O)N1Cc2c(NC=O)cccc2C1=O. The number of anilines is 3. The van der Waals surface area contributed by atoms with Crippen LogP contribution < -0.4 is 31.9 Å². The van der Waals surface area contributed by atoms with Crippen molar-refractivity contribution < 1.29 is 28.7 Å². The third kappa shape index (κ3) is 13.7. The van der Waals surface area contributed by atoms with Crippen LogP contribution in [-0.2, 0) is 30.5 Å². The molecule has 1 saturated heterocycles. The van der Waals surface area contributed by atoms with E-state index in [1.807, 2.05) is 19.1 Å². The van der Waals surface area contributed by atoms with Gasteiger partial charge in [-0.25, -0.2) is 0 Å². The van der Waals surface area contributed by atoms with Crippen molar-refractivity contribution in [3.8, 4) is 0 Å². The first-order valence-corrected chi connectivity index (χ1v) is 16.3. The van der Waals surface area contributed by atoms with Crippen molar-refractivity contribution in [1.29, 1.82) is 0 Å². The molecule has 0 aromatic heterocycles. The molecule has 14 nitrogen and oxygen atoms in total. The van der Waals surface area contributed by atoms with Crippen LogP contribution >= 0.6 is 0 Å². The second-order valence-electron chi connectivity index (χ2n) is 11.2. The van der Waals surface area contributed by atoms with Crippen molar-refractivity contribution in [2.75, 3.05) is 89.1 Å². The molecule has 1 fully saturated rings. The minimum absolute atomic E-state index is 0.166. The number of nitrogens with zero attached hydrogens (tertiary/aromatic N) is 3. The zero-order valence-corrected chi connectivity index (χ0v) is 28.4. The quantitative estimate of drug-likeness (QED) is 0.0931. The first-order chi connectivity index (χ1) is 23.3. The summed E-state index contributed by atoms with van der Waals surface area (Å²) in [7, 11) is 3.69. The molecule has 6 N–H and O–H groups in total. The molecule has 2 aliphatic rings. The largest absolute Gasteiger partial charge is 0.399 e. The van der Waals surface area contributed by atoms with Crippen LogP contribution in [0.2, 0.25) is 0 Å². The summed E-state index contributed by atoms with van der Waals surface area (Å²) in [6.07, 6.45) is 3.34. The van der Waals surface area contributed by atoms with Gasteiger partial charge in [0.2, 0.25) is 18.7 Å². The van der Waals surface area contributed by atoms with Gasteiger partial charge >= 0.3 is 0 Å². The summed E-state index contributed by atoms with van der Waals surface area (Å²) in [5.41, 5.74) is 9.48. The van der Waals surface area contributed by atoms with Gasteiger partial charge in [-0.15, -0.1) is 0 Å². The van der Waals surface area contributed by atoms with Gasteiger partial charge in [0.1, 0.15) is 6.29 Å². The third-order valence-corrected chi connectivity index (χ3v) is 7.86. The first kappa shape index (κ1) is 39.6. The number of nitrogen functional groups attached to an aromatic ring is 1. The fourth-order valence-corrected chi connectivity index (χ4v) is 5.06. The highest BCUT2D eigenvalue weighted by Crippen LogP contribution is 2.31. The van der Waals surface area contributed by atoms with Crippen molar-refractivity contribution in [3.05, 3.63) is 53.6 Å². The standard InChI is InChI=1S/C15H17N3O4.C11H17N3.C8H18N2O2/c1-16-14(21)6-5-10(8-19)18-7-12-11(15(18)22)3-2-4-13(12)17-9-20;1-13-6-8-14(9-7-13)11-4-2-10(12)3-5-11;1-2-12-7-6-9-4-3-5-10-8-11/h2-4,8-10H,5-7H2,1H3,(H,16,21)(H,17,20);2-5H,6-9,12H2,1H3;8-9H,2-7H2,1H3,(H,10,11). The molecule has 0 saturated carbocycles. The van der Waals surface area contributed by atoms with Crippen LogP contribution in [0, 0.1) is 0 Å². The highest BCUT2D eigenvalue weighted by Gasteiger charge is 2.34. The number of hydrogen-bond donors (Lipinski definition) is 5. The van der Waals surface area contributed by atoms with E-state index in [0.29, 0.717) is 29.5 Å². The van der Waals surface area contributed by atoms with E-state index in [2.05, 4.69) is 50.2 Å². The van der Waals surface area contributed by atoms with Gasteiger partial charge < -0.3 is 51.2 Å². The molecule has 1 atom stereocenters. The number of piperazine rings is 1. The average molecular weight is 669 g/mol. The highest BCUT2D eigenvalue weighted by molar-refractivity contribution is 6.02. The molecule has 48 heavy (non-hydrogen) atoms. The molecule has 264 valence electrons. The molecule has 2 heterocycles. The highest BCUT2D eigenvalue weighted by atomic mass is 16.5. The molecule has 2 aromatic carbocycles. The smallest absolute Gasteiger partial charge is 0.255 e. The van der Waals surface area contributed by atoms with Crippen molar-refractivity contribution in [1.82, 2.24) is 25.8 Å². The number of hydrogen-bond acceptors (Lipinski definition) is 10. The number of fused-ring (bicyclic) bond motifs is 1. The maximum Gasteiger partial charge on any atom is 0.255 e. The molecule has 0 radical (unpaired) electrons. The Kier molecular flexibility index (Phi) is 18.9. The van der Waals surface area contributed by atoms with Gasteiger partial charge in [-0.05, 0) is 69.8 Å². The second kappa shape index (κ2) is 22.9. The lowest BCUT2D eigenvalue weighted by Crippen LogP contribution is -2.44. The predicted molar refractivity (Wildman–Crippen MR) is 188 cm³/mol. The van der Waals surface area contributed by atoms with Crippen molar-refractivity contribution in [2.45, 2.75) is 38.8 Å². The van der Waals surface area contributed by atoms with E-state index in [1.54, 1.807) is 18.2 Å². The molecular formula is C34H52N8O6. The molecule has 1 unspecified atom stereocenters. The number of benzene rings is 2. The summed E-state index contributed by atoms with van der Waals surface area (Å²) in [6, 6.07) is 12.5. The van der Waals surface area contributed by atoms with Crippen LogP contribution in [0.25, 0.3) is 0 Å². The lowest BCUT2D eigenvalue weighted by molar-refractivity contribution is -0.121. The number of aldehydes is 1. The van der Waals surface area contributed by atoms with Gasteiger partial charge in [-0.1, -0.05) is 6.07 Å². The number of ether oxygens (including phenoxy) is 1. The molecule has 4 rings (SSSR count). The molecular weight excluding hydrogens is 616 g/mol. The minimum atomic E-state index is -0.665. The minimum Gasteiger partial charge on any atom is -0.399 e. The second-order valence-corrected chi connectivity index (χ2v) is 11.2. The van der Waals surface area contributed by atoms with Gasteiger partial charge in [0.15, 0.2) is 0 Å². The monoisotopic (exact) mass is 668 g/mol. The number of carbonyl (C=O) groups is 5. The molecule has 0 bridgehead atoms. The lowest BCUT2D eigenvalue weighted by Gasteiger charge is -2.34. The van der Waals surface area contributed by atoms with Crippen molar-refractivity contribution in [3.63, 3.8) is 0 Å². The maximum absolute atomic E-state index is 12.4. The van der Waals surface area contributed by atoms with Crippen LogP contribution in [0.3, 0.4) is 0 Å². The van der Waals surface area contributed by atoms with E-state index < -0.39 is 6.04 Å².